The number of hydrogen-bond donors (Lipinski definition) is 2. The van der Waals surface area contributed by atoms with Crippen molar-refractivity contribution in [1.29, 1.82) is 0 Å². The topological polar surface area (TPSA) is 135 Å². The first-order chi connectivity index (χ1) is 18.7. The fourth-order valence-electron chi connectivity index (χ4n) is 5.08. The smallest absolute Gasteiger partial charge is 0.407 e. The fraction of sp³-hybridized carbons (Fsp3) is 0.370. The molecule has 0 bridgehead atoms. The minimum Gasteiger partial charge on any atom is -0.466 e. The number of anilines is 1. The lowest BCUT2D eigenvalue weighted by atomic mass is 10.0. The molecular weight excluding hydrogens is 502 g/mol. The van der Waals surface area contributed by atoms with Gasteiger partial charge in [0.15, 0.2) is 12.6 Å². The summed E-state index contributed by atoms with van der Waals surface area (Å²) in [5.41, 5.74) is 3.95. The van der Waals surface area contributed by atoms with Crippen LogP contribution in [-0.2, 0) is 11.8 Å². The fourth-order valence-corrected chi connectivity index (χ4v) is 5.08. The highest BCUT2D eigenvalue weighted by Gasteiger charge is 2.29. The third-order valence-corrected chi connectivity index (χ3v) is 7.16. The maximum atomic E-state index is 13.0. The van der Waals surface area contributed by atoms with E-state index >= 15 is 0 Å². The Bertz CT molecular complexity index is 1580. The van der Waals surface area contributed by atoms with Crippen molar-refractivity contribution in [2.45, 2.75) is 19.4 Å². The zero-order chi connectivity index (χ0) is 27.8. The van der Waals surface area contributed by atoms with Gasteiger partial charge >= 0.3 is 6.09 Å². The molecule has 1 aliphatic heterocycles. The molecule has 3 heterocycles. The van der Waals surface area contributed by atoms with Crippen LogP contribution in [0.1, 0.15) is 22.5 Å². The van der Waals surface area contributed by atoms with E-state index in [0.717, 1.165) is 28.6 Å². The van der Waals surface area contributed by atoms with Crippen LogP contribution < -0.4 is 15.0 Å². The van der Waals surface area contributed by atoms with E-state index in [9.17, 15) is 14.7 Å². The van der Waals surface area contributed by atoms with Gasteiger partial charge in [-0.1, -0.05) is 0 Å². The maximum Gasteiger partial charge on any atom is 0.407 e. The molecule has 0 saturated carbocycles. The second kappa shape index (κ2) is 10.4. The largest absolute Gasteiger partial charge is 0.466 e. The lowest BCUT2D eigenvalue weighted by molar-refractivity contribution is 0.0511. The summed E-state index contributed by atoms with van der Waals surface area (Å²) in [4.78, 5) is 37.5. The van der Waals surface area contributed by atoms with E-state index in [1.54, 1.807) is 25.9 Å². The molecular formula is C27H31N7O5. The van der Waals surface area contributed by atoms with Crippen molar-refractivity contribution >= 4 is 39.5 Å². The zero-order valence-electron chi connectivity index (χ0n) is 22.6. The van der Waals surface area contributed by atoms with Crippen LogP contribution in [-0.4, -0.2) is 88.9 Å². The summed E-state index contributed by atoms with van der Waals surface area (Å²) in [6.45, 7) is 3.21. The zero-order valence-corrected chi connectivity index (χ0v) is 22.6. The normalized spacial score (nSPS) is 15.2. The molecule has 4 aromatic rings. The number of nitrogens with one attached hydrogen (secondary N) is 1. The molecule has 0 unspecified atom stereocenters. The van der Waals surface area contributed by atoms with Gasteiger partial charge in [0.05, 0.1) is 22.6 Å². The van der Waals surface area contributed by atoms with E-state index in [1.165, 1.54) is 4.90 Å². The Morgan fingerprint density at radius 2 is 2.05 bits per heavy atom. The van der Waals surface area contributed by atoms with Gasteiger partial charge in [-0.2, -0.15) is 5.10 Å². The van der Waals surface area contributed by atoms with Gasteiger partial charge in [0, 0.05) is 69.6 Å². The van der Waals surface area contributed by atoms with Gasteiger partial charge in [-0.15, -0.1) is 0 Å². The molecule has 0 aliphatic carbocycles. The molecule has 0 spiro atoms. The number of carboxylic acid groups (broad SMARTS) is 1. The Labute approximate surface area is 225 Å². The number of fused-ring (bicyclic) bond motifs is 2. The van der Waals surface area contributed by atoms with Crippen LogP contribution in [0.15, 0.2) is 30.5 Å². The van der Waals surface area contributed by atoms with Gasteiger partial charge in [0.2, 0.25) is 0 Å². The third-order valence-electron chi connectivity index (χ3n) is 7.16. The Morgan fingerprint density at radius 1 is 1.26 bits per heavy atom. The predicted octanol–water partition coefficient (Wildman–Crippen LogP) is 3.02. The summed E-state index contributed by atoms with van der Waals surface area (Å²) in [5, 5.41) is 18.1. The quantitative estimate of drug-likeness (QED) is 0.344. The van der Waals surface area contributed by atoms with Crippen molar-refractivity contribution in [2.75, 3.05) is 46.0 Å². The lowest BCUT2D eigenvalue weighted by Crippen LogP contribution is -2.38. The molecule has 2 N–H and O–H groups in total. The summed E-state index contributed by atoms with van der Waals surface area (Å²) >= 11 is 0. The number of rotatable bonds is 7. The van der Waals surface area contributed by atoms with E-state index in [0.29, 0.717) is 41.1 Å². The van der Waals surface area contributed by atoms with E-state index in [1.807, 2.05) is 44.4 Å². The molecule has 5 rings (SSSR count). The predicted molar refractivity (Wildman–Crippen MR) is 146 cm³/mol. The number of likely N-dealkylation sites (N-methyl/N-ethyl adjacent to an activating group) is 1. The van der Waals surface area contributed by atoms with Gasteiger partial charge in [-0.3, -0.25) is 9.48 Å². The number of methoxy groups -OCH3 is 1. The Hall–Kier alpha value is -4.45. The van der Waals surface area contributed by atoms with Crippen LogP contribution >= 0.6 is 0 Å². The molecule has 1 aliphatic rings. The first-order valence-electron chi connectivity index (χ1n) is 12.6. The van der Waals surface area contributed by atoms with Crippen molar-refractivity contribution in [1.82, 2.24) is 30.0 Å². The molecule has 1 saturated heterocycles. The number of nitrogens with zero attached hydrogens (tertiary/aromatic N) is 6. The molecule has 1 fully saturated rings. The summed E-state index contributed by atoms with van der Waals surface area (Å²) in [7, 11) is 6.55. The molecule has 2 amide bonds. The molecule has 0 radical (unpaired) electrons. The first kappa shape index (κ1) is 26.2. The van der Waals surface area contributed by atoms with Crippen molar-refractivity contribution in [3.8, 4) is 17.1 Å². The Balaban J connectivity index is 1.62. The number of carbonyl (C=O) groups is 2. The second-order valence-corrected chi connectivity index (χ2v) is 9.63. The van der Waals surface area contributed by atoms with Crippen LogP contribution in [0.2, 0.25) is 0 Å². The molecule has 39 heavy (non-hydrogen) atoms. The van der Waals surface area contributed by atoms with Gasteiger partial charge in [-0.25, -0.2) is 14.8 Å². The van der Waals surface area contributed by atoms with Crippen LogP contribution in [0.4, 0.5) is 10.5 Å². The maximum absolute atomic E-state index is 13.0. The number of hydrogen-bond acceptors (Lipinski definition) is 8. The van der Waals surface area contributed by atoms with Crippen LogP contribution in [0.25, 0.3) is 33.2 Å². The van der Waals surface area contributed by atoms with E-state index in [4.69, 9.17) is 19.4 Å². The Kier molecular flexibility index (Phi) is 6.96. The summed E-state index contributed by atoms with van der Waals surface area (Å²) in [6, 6.07) is 7.50. The molecule has 2 aromatic heterocycles. The number of aryl methyl sites for hydroxylation is 2. The molecule has 1 atom stereocenters. The minimum absolute atomic E-state index is 0.0271. The van der Waals surface area contributed by atoms with Gasteiger partial charge in [0.1, 0.15) is 11.4 Å². The lowest BCUT2D eigenvalue weighted by Gasteiger charge is -2.23. The molecule has 204 valence electrons. The van der Waals surface area contributed by atoms with Crippen molar-refractivity contribution in [2.24, 2.45) is 7.05 Å². The highest BCUT2D eigenvalue weighted by atomic mass is 16.7. The number of amides is 2. The second-order valence-electron chi connectivity index (χ2n) is 9.63. The number of aromatic nitrogens is 4. The monoisotopic (exact) mass is 533 g/mol. The van der Waals surface area contributed by atoms with Crippen LogP contribution in [0, 0.1) is 6.92 Å². The van der Waals surface area contributed by atoms with E-state index < -0.39 is 6.09 Å². The van der Waals surface area contributed by atoms with Crippen LogP contribution in [0.3, 0.4) is 0 Å². The summed E-state index contributed by atoms with van der Waals surface area (Å²) in [6.07, 6.45) is 1.68. The average molecular weight is 534 g/mol. The SMILES string of the molecule is CNC(=O)c1nc(-c2cc3cn(C)nc3c(C)c2OCOC)nc2ccc(N3CC[C@H](N(C)C(=O)O)C3)cc12. The van der Waals surface area contributed by atoms with E-state index in [2.05, 4.69) is 15.3 Å². The van der Waals surface area contributed by atoms with Gasteiger partial charge in [-0.05, 0) is 37.6 Å². The standard InChI is InChI=1S/C27H31N7O5/c1-15-22-16(12-32(3)31-22)10-20(24(15)39-14-38-5)25-29-21-7-6-17(11-19(21)23(30-25)26(35)28-2)34-9-8-18(13-34)33(4)27(36)37/h6-7,10-12,18H,8-9,13-14H2,1-5H3,(H,28,35)(H,36,37)/t18-/m0/s1. The van der Waals surface area contributed by atoms with Crippen molar-refractivity contribution < 1.29 is 24.2 Å². The van der Waals surface area contributed by atoms with Crippen molar-refractivity contribution in [3.63, 3.8) is 0 Å². The average Bonchev–Trinajstić information content (AvgIpc) is 3.57. The number of benzene rings is 2. The van der Waals surface area contributed by atoms with E-state index in [-0.39, 0.29) is 24.4 Å². The highest BCUT2D eigenvalue weighted by molar-refractivity contribution is 6.06. The van der Waals surface area contributed by atoms with Gasteiger partial charge < -0.3 is 29.7 Å². The first-order valence-corrected chi connectivity index (χ1v) is 12.6. The van der Waals surface area contributed by atoms with Crippen molar-refractivity contribution in [3.05, 3.63) is 41.7 Å². The highest BCUT2D eigenvalue weighted by Crippen LogP contribution is 2.38. The third kappa shape index (κ3) is 4.78. The summed E-state index contributed by atoms with van der Waals surface area (Å²) in [5.74, 6) is 0.537. The number of carbonyl (C=O) groups excluding carboxylic acids is 1. The molecule has 12 heteroatoms. The van der Waals surface area contributed by atoms with Gasteiger partial charge in [0.25, 0.3) is 5.91 Å². The summed E-state index contributed by atoms with van der Waals surface area (Å²) < 4.78 is 12.9. The van der Waals surface area contributed by atoms with Crippen LogP contribution in [0.5, 0.6) is 5.75 Å². The Morgan fingerprint density at radius 3 is 2.77 bits per heavy atom. The minimum atomic E-state index is -0.947. The molecule has 2 aromatic carbocycles. The molecule has 12 nitrogen and oxygen atoms in total. The number of ether oxygens (including phenoxy) is 2.